The lowest BCUT2D eigenvalue weighted by molar-refractivity contribution is -0.130. The van der Waals surface area contributed by atoms with Crippen LogP contribution in [0.1, 0.15) is 31.7 Å². The number of rotatable bonds is 6. The lowest BCUT2D eigenvalue weighted by Gasteiger charge is -2.24. The maximum absolute atomic E-state index is 12.4. The molecule has 0 bridgehead atoms. The summed E-state index contributed by atoms with van der Waals surface area (Å²) in [5, 5.41) is 4.04. The number of aryl methyl sites for hydroxylation is 2. The fourth-order valence-electron chi connectivity index (χ4n) is 3.25. The maximum Gasteiger partial charge on any atom is 0.224 e. The summed E-state index contributed by atoms with van der Waals surface area (Å²) < 4.78 is 1.71. The number of carbonyl (C=O) groups excluding carboxylic acids is 1. The van der Waals surface area contributed by atoms with Crippen LogP contribution >= 0.6 is 0 Å². The second kappa shape index (κ2) is 6.94. The minimum Gasteiger partial charge on any atom is -0.342 e. The molecule has 1 amide bonds. The lowest BCUT2D eigenvalue weighted by Crippen LogP contribution is -2.31. The predicted octanol–water partition coefficient (Wildman–Crippen LogP) is 2.54. The number of carbonyl (C=O) groups is 1. The molecular weight excluding hydrogens is 288 g/mol. The van der Waals surface area contributed by atoms with Crippen molar-refractivity contribution >= 4 is 5.91 Å². The molecule has 0 radical (unpaired) electrons. The first kappa shape index (κ1) is 15.7. The third-order valence-corrected chi connectivity index (χ3v) is 4.79. The largest absolute Gasteiger partial charge is 0.342 e. The van der Waals surface area contributed by atoms with Crippen molar-refractivity contribution in [3.8, 4) is 0 Å². The molecule has 0 aliphatic carbocycles. The number of benzene rings is 1. The van der Waals surface area contributed by atoms with E-state index in [4.69, 9.17) is 0 Å². The molecule has 0 spiro atoms. The van der Waals surface area contributed by atoms with Gasteiger partial charge >= 0.3 is 0 Å². The van der Waals surface area contributed by atoms with Crippen molar-refractivity contribution in [2.75, 3.05) is 13.1 Å². The number of likely N-dealkylation sites (tertiary alicyclic amines) is 1. The van der Waals surface area contributed by atoms with E-state index in [1.807, 2.05) is 4.90 Å². The van der Waals surface area contributed by atoms with Crippen molar-refractivity contribution < 1.29 is 4.79 Å². The van der Waals surface area contributed by atoms with Gasteiger partial charge < -0.3 is 4.90 Å². The second-order valence-corrected chi connectivity index (χ2v) is 6.77. The van der Waals surface area contributed by atoms with Gasteiger partial charge in [0.15, 0.2) is 0 Å². The molecule has 2 aromatic rings. The number of amides is 1. The molecular formula is C18H24N4O. The molecule has 1 aromatic heterocycles. The summed E-state index contributed by atoms with van der Waals surface area (Å²) in [5.41, 5.74) is 1.61. The van der Waals surface area contributed by atoms with Gasteiger partial charge in [0.2, 0.25) is 5.91 Å². The first-order valence-corrected chi connectivity index (χ1v) is 8.29. The van der Waals surface area contributed by atoms with Crippen LogP contribution in [-0.4, -0.2) is 38.7 Å². The standard InChI is InChI=1S/C18H24N4O/c1-18(9-7-16-5-3-2-4-6-16)10-12-21(13-18)17(23)8-11-22-15-19-14-20-22/h2-6,14-15H,7-13H2,1H3/t18-/m0/s1. The fraction of sp³-hybridized carbons (Fsp3) is 0.500. The molecule has 1 saturated heterocycles. The van der Waals surface area contributed by atoms with Crippen LogP contribution in [0.3, 0.4) is 0 Å². The zero-order valence-corrected chi connectivity index (χ0v) is 13.7. The van der Waals surface area contributed by atoms with Crippen LogP contribution in [0.25, 0.3) is 0 Å². The van der Waals surface area contributed by atoms with E-state index in [0.29, 0.717) is 13.0 Å². The zero-order chi connectivity index (χ0) is 16.1. The topological polar surface area (TPSA) is 51.0 Å². The van der Waals surface area contributed by atoms with E-state index < -0.39 is 0 Å². The Labute approximate surface area is 137 Å². The highest BCUT2D eigenvalue weighted by molar-refractivity contribution is 5.76. The van der Waals surface area contributed by atoms with Crippen LogP contribution in [0.2, 0.25) is 0 Å². The van der Waals surface area contributed by atoms with Crippen molar-refractivity contribution in [1.82, 2.24) is 19.7 Å². The van der Waals surface area contributed by atoms with Gasteiger partial charge in [-0.1, -0.05) is 37.3 Å². The van der Waals surface area contributed by atoms with Crippen LogP contribution in [-0.2, 0) is 17.8 Å². The summed E-state index contributed by atoms with van der Waals surface area (Å²) in [7, 11) is 0. The summed E-state index contributed by atoms with van der Waals surface area (Å²) in [6.45, 7) is 4.66. The van der Waals surface area contributed by atoms with E-state index in [1.54, 1.807) is 11.0 Å². The molecule has 0 N–H and O–H groups in total. The Hall–Kier alpha value is -2.17. The van der Waals surface area contributed by atoms with E-state index in [9.17, 15) is 4.79 Å². The van der Waals surface area contributed by atoms with E-state index in [1.165, 1.54) is 11.9 Å². The summed E-state index contributed by atoms with van der Waals surface area (Å²) >= 11 is 0. The molecule has 5 nitrogen and oxygen atoms in total. The number of nitrogens with zero attached hydrogens (tertiary/aromatic N) is 4. The van der Waals surface area contributed by atoms with Gasteiger partial charge in [-0.05, 0) is 30.2 Å². The minimum absolute atomic E-state index is 0.226. The Morgan fingerprint density at radius 2 is 2.13 bits per heavy atom. The lowest BCUT2D eigenvalue weighted by atomic mass is 9.83. The molecule has 1 aliphatic heterocycles. The molecule has 2 heterocycles. The first-order valence-electron chi connectivity index (χ1n) is 8.29. The molecule has 0 saturated carbocycles. The van der Waals surface area contributed by atoms with Crippen LogP contribution in [0, 0.1) is 5.41 Å². The molecule has 122 valence electrons. The highest BCUT2D eigenvalue weighted by atomic mass is 16.2. The third-order valence-electron chi connectivity index (χ3n) is 4.79. The van der Waals surface area contributed by atoms with Gasteiger partial charge in [-0.3, -0.25) is 9.48 Å². The number of hydrogen-bond donors (Lipinski definition) is 0. The third kappa shape index (κ3) is 4.18. The van der Waals surface area contributed by atoms with Crippen LogP contribution in [0.5, 0.6) is 0 Å². The molecule has 3 rings (SSSR count). The van der Waals surface area contributed by atoms with Gasteiger partial charge in [0.25, 0.3) is 0 Å². The van der Waals surface area contributed by atoms with E-state index in [-0.39, 0.29) is 11.3 Å². The minimum atomic E-state index is 0.226. The molecule has 23 heavy (non-hydrogen) atoms. The van der Waals surface area contributed by atoms with Crippen molar-refractivity contribution in [3.63, 3.8) is 0 Å². The molecule has 1 atom stereocenters. The summed E-state index contributed by atoms with van der Waals surface area (Å²) in [6, 6.07) is 10.6. The molecule has 0 unspecified atom stereocenters. The van der Waals surface area contributed by atoms with E-state index in [2.05, 4.69) is 47.3 Å². The van der Waals surface area contributed by atoms with Gasteiger partial charge in [-0.2, -0.15) is 5.10 Å². The average molecular weight is 312 g/mol. The molecule has 1 fully saturated rings. The monoisotopic (exact) mass is 312 g/mol. The summed E-state index contributed by atoms with van der Waals surface area (Å²) in [4.78, 5) is 18.3. The normalized spacial score (nSPS) is 20.8. The summed E-state index contributed by atoms with van der Waals surface area (Å²) in [6.07, 6.45) is 6.96. The zero-order valence-electron chi connectivity index (χ0n) is 13.7. The van der Waals surface area contributed by atoms with Crippen molar-refractivity contribution in [2.24, 2.45) is 5.41 Å². The number of hydrogen-bond acceptors (Lipinski definition) is 3. The van der Waals surface area contributed by atoms with Gasteiger partial charge in [0, 0.05) is 19.5 Å². The quantitative estimate of drug-likeness (QED) is 0.823. The van der Waals surface area contributed by atoms with Crippen LogP contribution < -0.4 is 0 Å². The molecule has 1 aliphatic rings. The van der Waals surface area contributed by atoms with Gasteiger partial charge in [0.05, 0.1) is 6.54 Å². The fourth-order valence-corrected chi connectivity index (χ4v) is 3.25. The van der Waals surface area contributed by atoms with Crippen molar-refractivity contribution in [3.05, 3.63) is 48.5 Å². The highest BCUT2D eigenvalue weighted by Crippen LogP contribution is 2.34. The average Bonchev–Trinajstić information content (AvgIpc) is 3.22. The van der Waals surface area contributed by atoms with Crippen LogP contribution in [0.15, 0.2) is 43.0 Å². The Kier molecular flexibility index (Phi) is 4.74. The Morgan fingerprint density at radius 3 is 2.87 bits per heavy atom. The molecule has 5 heteroatoms. The van der Waals surface area contributed by atoms with Gasteiger partial charge in [-0.25, -0.2) is 4.98 Å². The number of aromatic nitrogens is 3. The van der Waals surface area contributed by atoms with E-state index >= 15 is 0 Å². The second-order valence-electron chi connectivity index (χ2n) is 6.77. The predicted molar refractivity (Wildman–Crippen MR) is 88.7 cm³/mol. The maximum atomic E-state index is 12.4. The first-order chi connectivity index (χ1) is 11.1. The van der Waals surface area contributed by atoms with E-state index in [0.717, 1.165) is 32.4 Å². The van der Waals surface area contributed by atoms with Gasteiger partial charge in [0.1, 0.15) is 12.7 Å². The highest BCUT2D eigenvalue weighted by Gasteiger charge is 2.35. The molecule has 1 aromatic carbocycles. The summed E-state index contributed by atoms with van der Waals surface area (Å²) in [5.74, 6) is 0.226. The Morgan fingerprint density at radius 1 is 1.30 bits per heavy atom. The van der Waals surface area contributed by atoms with Crippen molar-refractivity contribution in [2.45, 2.75) is 39.2 Å². The van der Waals surface area contributed by atoms with Crippen LogP contribution in [0.4, 0.5) is 0 Å². The van der Waals surface area contributed by atoms with Crippen molar-refractivity contribution in [1.29, 1.82) is 0 Å². The van der Waals surface area contributed by atoms with Gasteiger partial charge in [-0.15, -0.1) is 0 Å². The smallest absolute Gasteiger partial charge is 0.224 e. The Balaban J connectivity index is 1.47. The Bertz CT molecular complexity index is 626. The SMILES string of the molecule is C[C@]1(CCc2ccccc2)CCN(C(=O)CCn2cncn2)C1.